The van der Waals surface area contributed by atoms with E-state index in [-0.39, 0.29) is 0 Å². The molecule has 3 heteroatoms. The Labute approximate surface area is 123 Å². The van der Waals surface area contributed by atoms with E-state index in [0.717, 1.165) is 23.1 Å². The van der Waals surface area contributed by atoms with Crippen LogP contribution in [0.5, 0.6) is 0 Å². The molecule has 0 fully saturated rings. The molecule has 0 amide bonds. The first-order chi connectivity index (χ1) is 9.19. The quantitative estimate of drug-likeness (QED) is 0.909. The molecule has 1 N–H and O–H groups in total. The lowest BCUT2D eigenvalue weighted by Crippen LogP contribution is -2.19. The van der Waals surface area contributed by atoms with Crippen LogP contribution in [0.4, 0.5) is 0 Å². The van der Waals surface area contributed by atoms with Crippen LogP contribution in [0.25, 0.3) is 0 Å². The zero-order valence-corrected chi connectivity index (χ0v) is 12.9. The van der Waals surface area contributed by atoms with Crippen LogP contribution in [0.15, 0.2) is 47.1 Å². The largest absolute Gasteiger partial charge is 0.319 e. The van der Waals surface area contributed by atoms with E-state index in [1.54, 1.807) is 0 Å². The van der Waals surface area contributed by atoms with Crippen molar-refractivity contribution in [3.63, 3.8) is 0 Å². The number of rotatable bonds is 5. The minimum absolute atomic E-state index is 0.458. The fourth-order valence-corrected chi connectivity index (χ4v) is 2.41. The topological polar surface area (TPSA) is 24.9 Å². The van der Waals surface area contributed by atoms with Crippen molar-refractivity contribution in [2.24, 2.45) is 0 Å². The molecule has 0 bridgehead atoms. The highest BCUT2D eigenvalue weighted by molar-refractivity contribution is 9.10. The maximum Gasteiger partial charge on any atom is 0.0413 e. The molecule has 1 aromatic carbocycles. The first-order valence-corrected chi connectivity index (χ1v) is 7.30. The molecule has 100 valence electrons. The van der Waals surface area contributed by atoms with E-state index in [2.05, 4.69) is 63.5 Å². The number of benzene rings is 1. The number of halogens is 1. The van der Waals surface area contributed by atoms with Crippen molar-refractivity contribution < 1.29 is 0 Å². The number of nitrogens with zero attached hydrogens (tertiary/aromatic N) is 1. The summed E-state index contributed by atoms with van der Waals surface area (Å²) in [7, 11) is 2.00. The van der Waals surface area contributed by atoms with Crippen molar-refractivity contribution in [2.75, 3.05) is 13.6 Å². The molecule has 0 aliphatic rings. The maximum absolute atomic E-state index is 4.47. The molecule has 2 aromatic rings. The van der Waals surface area contributed by atoms with E-state index < -0.39 is 0 Å². The van der Waals surface area contributed by atoms with Crippen LogP contribution in [0.2, 0.25) is 0 Å². The van der Waals surface area contributed by atoms with Crippen molar-refractivity contribution in [2.45, 2.75) is 19.3 Å². The lowest BCUT2D eigenvalue weighted by Gasteiger charge is -2.17. The van der Waals surface area contributed by atoms with E-state index in [9.17, 15) is 0 Å². The van der Waals surface area contributed by atoms with Gasteiger partial charge in [0, 0.05) is 28.8 Å². The number of hydrogen-bond donors (Lipinski definition) is 1. The number of pyridine rings is 1. The Kier molecular flexibility index (Phi) is 5.11. The molecule has 0 aliphatic heterocycles. The smallest absolute Gasteiger partial charge is 0.0413 e. The highest BCUT2D eigenvalue weighted by Crippen LogP contribution is 2.20. The highest BCUT2D eigenvalue weighted by Gasteiger charge is 2.12. The fraction of sp³-hybridized carbons (Fsp3) is 0.312. The number of aromatic nitrogens is 1. The Bertz CT molecular complexity index is 505. The zero-order chi connectivity index (χ0) is 13.7. The minimum atomic E-state index is 0.458. The molecule has 2 rings (SSSR count). The molecule has 0 radical (unpaired) electrons. The number of hydrogen-bond acceptors (Lipinski definition) is 2. The fourth-order valence-electron chi connectivity index (χ4n) is 2.17. The summed E-state index contributed by atoms with van der Waals surface area (Å²) in [5.74, 6) is 0.458. The third-order valence-corrected chi connectivity index (χ3v) is 3.71. The summed E-state index contributed by atoms with van der Waals surface area (Å²) in [5, 5.41) is 3.28. The first-order valence-electron chi connectivity index (χ1n) is 6.50. The van der Waals surface area contributed by atoms with Gasteiger partial charge in [0.2, 0.25) is 0 Å². The van der Waals surface area contributed by atoms with Crippen LogP contribution in [0, 0.1) is 6.92 Å². The van der Waals surface area contributed by atoms with Gasteiger partial charge in [0.05, 0.1) is 0 Å². The van der Waals surface area contributed by atoms with Crippen molar-refractivity contribution in [1.29, 1.82) is 0 Å². The normalized spacial score (nSPS) is 12.4. The summed E-state index contributed by atoms with van der Waals surface area (Å²) in [6.45, 7) is 3.08. The first kappa shape index (κ1) is 14.2. The van der Waals surface area contributed by atoms with Gasteiger partial charge >= 0.3 is 0 Å². The van der Waals surface area contributed by atoms with Gasteiger partial charge in [-0.05, 0) is 54.0 Å². The molecule has 19 heavy (non-hydrogen) atoms. The van der Waals surface area contributed by atoms with Gasteiger partial charge in [0.1, 0.15) is 0 Å². The van der Waals surface area contributed by atoms with Gasteiger partial charge in [-0.1, -0.05) is 29.8 Å². The van der Waals surface area contributed by atoms with E-state index in [1.807, 2.05) is 19.3 Å². The average Bonchev–Trinajstić information content (AvgIpc) is 2.42. The van der Waals surface area contributed by atoms with Crippen LogP contribution >= 0.6 is 15.9 Å². The van der Waals surface area contributed by atoms with Crippen molar-refractivity contribution in [3.8, 4) is 0 Å². The molecule has 1 unspecified atom stereocenters. The highest BCUT2D eigenvalue weighted by atomic mass is 79.9. The third-order valence-electron chi connectivity index (χ3n) is 3.24. The van der Waals surface area contributed by atoms with Crippen LogP contribution in [0.1, 0.15) is 22.7 Å². The van der Waals surface area contributed by atoms with Gasteiger partial charge in [-0.3, -0.25) is 4.98 Å². The molecule has 1 heterocycles. The van der Waals surface area contributed by atoms with Gasteiger partial charge in [-0.25, -0.2) is 0 Å². The Balaban J connectivity index is 2.15. The zero-order valence-electron chi connectivity index (χ0n) is 11.4. The molecule has 1 atom stereocenters. The average molecular weight is 319 g/mol. The number of likely N-dealkylation sites (N-methyl/N-ethyl adjacent to an activating group) is 1. The van der Waals surface area contributed by atoms with Crippen LogP contribution < -0.4 is 5.32 Å². The van der Waals surface area contributed by atoms with Crippen LogP contribution in [-0.2, 0) is 6.42 Å². The Hall–Kier alpha value is -1.19. The van der Waals surface area contributed by atoms with Crippen LogP contribution in [-0.4, -0.2) is 18.6 Å². The van der Waals surface area contributed by atoms with E-state index >= 15 is 0 Å². The number of nitrogens with one attached hydrogen (secondary N) is 1. The molecule has 0 saturated carbocycles. The Morgan fingerprint density at radius 3 is 2.47 bits per heavy atom. The van der Waals surface area contributed by atoms with Gasteiger partial charge in [-0.15, -0.1) is 0 Å². The second-order valence-electron chi connectivity index (χ2n) is 4.84. The predicted molar refractivity (Wildman–Crippen MR) is 83.5 cm³/mol. The standard InChI is InChI=1S/C16H19BrN2/c1-12-3-5-13(6-4-12)14(10-18-2)9-16-8-7-15(17)11-19-16/h3-8,11,14,18H,9-10H2,1-2H3. The summed E-state index contributed by atoms with van der Waals surface area (Å²) in [6.07, 6.45) is 2.82. The molecular weight excluding hydrogens is 300 g/mol. The lowest BCUT2D eigenvalue weighted by molar-refractivity contribution is 0.618. The minimum Gasteiger partial charge on any atom is -0.319 e. The third kappa shape index (κ3) is 4.15. The van der Waals surface area contributed by atoms with E-state index in [1.165, 1.54) is 11.1 Å². The summed E-state index contributed by atoms with van der Waals surface area (Å²) in [4.78, 5) is 4.47. The molecule has 0 aliphatic carbocycles. The second-order valence-corrected chi connectivity index (χ2v) is 5.75. The molecule has 0 spiro atoms. The van der Waals surface area contributed by atoms with Gasteiger partial charge < -0.3 is 5.32 Å². The molecule has 2 nitrogen and oxygen atoms in total. The van der Waals surface area contributed by atoms with E-state index in [4.69, 9.17) is 0 Å². The monoisotopic (exact) mass is 318 g/mol. The maximum atomic E-state index is 4.47. The van der Waals surface area contributed by atoms with E-state index in [0.29, 0.717) is 5.92 Å². The SMILES string of the molecule is CNCC(Cc1ccc(Br)cn1)c1ccc(C)cc1. The molecular formula is C16H19BrN2. The summed E-state index contributed by atoms with van der Waals surface area (Å²) in [6, 6.07) is 12.9. The molecule has 0 saturated heterocycles. The van der Waals surface area contributed by atoms with Crippen molar-refractivity contribution >= 4 is 15.9 Å². The summed E-state index contributed by atoms with van der Waals surface area (Å²) in [5.41, 5.74) is 3.79. The van der Waals surface area contributed by atoms with Crippen LogP contribution in [0.3, 0.4) is 0 Å². The van der Waals surface area contributed by atoms with Gasteiger partial charge in [0.15, 0.2) is 0 Å². The Morgan fingerprint density at radius 1 is 1.16 bits per heavy atom. The Morgan fingerprint density at radius 2 is 1.89 bits per heavy atom. The summed E-state index contributed by atoms with van der Waals surface area (Å²) >= 11 is 3.42. The van der Waals surface area contributed by atoms with Crippen molar-refractivity contribution in [1.82, 2.24) is 10.3 Å². The predicted octanol–water partition coefficient (Wildman–Crippen LogP) is 3.70. The van der Waals surface area contributed by atoms with Gasteiger partial charge in [-0.2, -0.15) is 0 Å². The van der Waals surface area contributed by atoms with Crippen molar-refractivity contribution in [3.05, 3.63) is 63.9 Å². The summed E-state index contributed by atoms with van der Waals surface area (Å²) < 4.78 is 1.02. The number of aryl methyl sites for hydroxylation is 1. The van der Waals surface area contributed by atoms with Gasteiger partial charge in [0.25, 0.3) is 0 Å². The lowest BCUT2D eigenvalue weighted by atomic mass is 9.93. The molecule has 1 aromatic heterocycles. The second kappa shape index (κ2) is 6.83.